The minimum atomic E-state index is 0.422. The molecule has 0 radical (unpaired) electrons. The van der Waals surface area contributed by atoms with Crippen LogP contribution in [0.3, 0.4) is 0 Å². The number of hydrogen-bond donors (Lipinski definition) is 2. The summed E-state index contributed by atoms with van der Waals surface area (Å²) in [6.45, 7) is 2.61. The van der Waals surface area contributed by atoms with Gasteiger partial charge in [0.25, 0.3) is 0 Å². The van der Waals surface area contributed by atoms with Gasteiger partial charge in [0.15, 0.2) is 5.96 Å². The molecule has 3 N–H and O–H groups in total. The van der Waals surface area contributed by atoms with Crippen molar-refractivity contribution in [3.8, 4) is 0 Å². The molecule has 12 heavy (non-hydrogen) atoms. The Morgan fingerprint density at radius 3 is 3.08 bits per heavy atom. The van der Waals surface area contributed by atoms with E-state index < -0.39 is 0 Å². The Balaban J connectivity index is 2.58. The maximum absolute atomic E-state index is 5.53. The van der Waals surface area contributed by atoms with Crippen LogP contribution in [0.5, 0.6) is 0 Å². The second kappa shape index (κ2) is 3.75. The summed E-state index contributed by atoms with van der Waals surface area (Å²) in [6, 6.07) is 0. The van der Waals surface area contributed by atoms with Crippen LogP contribution in [-0.4, -0.2) is 22.3 Å². The van der Waals surface area contributed by atoms with E-state index in [1.165, 1.54) is 0 Å². The van der Waals surface area contributed by atoms with Gasteiger partial charge in [0.1, 0.15) is 0 Å². The summed E-state index contributed by atoms with van der Waals surface area (Å²) in [5.41, 5.74) is 6.38. The van der Waals surface area contributed by atoms with E-state index in [9.17, 15) is 0 Å². The second-order valence-electron chi connectivity index (χ2n) is 2.39. The maximum Gasteiger partial charge on any atom is 0.193 e. The molecule has 66 valence electrons. The van der Waals surface area contributed by atoms with Gasteiger partial charge in [-0.2, -0.15) is 5.10 Å². The van der Waals surface area contributed by atoms with Crippen LogP contribution in [0.2, 0.25) is 0 Å². The summed E-state index contributed by atoms with van der Waals surface area (Å²) in [5, 5.41) is 6.88. The number of rotatable bonds is 2. The van der Waals surface area contributed by atoms with Crippen molar-refractivity contribution in [2.75, 3.05) is 11.9 Å². The quantitative estimate of drug-likeness (QED) is 0.487. The third kappa shape index (κ3) is 2.26. The van der Waals surface area contributed by atoms with Gasteiger partial charge in [-0.15, -0.1) is 0 Å². The highest BCUT2D eigenvalue weighted by molar-refractivity contribution is 5.91. The lowest BCUT2D eigenvalue weighted by Gasteiger charge is -1.99. The van der Waals surface area contributed by atoms with Crippen molar-refractivity contribution in [2.45, 2.75) is 6.92 Å². The fraction of sp³-hybridized carbons (Fsp3) is 0.429. The predicted molar refractivity (Wildman–Crippen MR) is 49.0 cm³/mol. The minimum absolute atomic E-state index is 0.422. The van der Waals surface area contributed by atoms with Gasteiger partial charge >= 0.3 is 0 Å². The summed E-state index contributed by atoms with van der Waals surface area (Å²) in [4.78, 5) is 3.98. The highest BCUT2D eigenvalue weighted by atomic mass is 15.3. The lowest BCUT2D eigenvalue weighted by Crippen LogP contribution is -2.22. The number of aryl methyl sites for hydroxylation is 1. The first-order chi connectivity index (χ1) is 5.72. The van der Waals surface area contributed by atoms with Gasteiger partial charge in [0.2, 0.25) is 0 Å². The molecule has 5 nitrogen and oxygen atoms in total. The van der Waals surface area contributed by atoms with Crippen molar-refractivity contribution < 1.29 is 0 Å². The fourth-order valence-corrected chi connectivity index (χ4v) is 0.844. The van der Waals surface area contributed by atoms with Gasteiger partial charge in [0, 0.05) is 19.8 Å². The van der Waals surface area contributed by atoms with Gasteiger partial charge in [0.05, 0.1) is 11.9 Å². The SMILES string of the molecule is CCN=C(N)Nc1cnn(C)c1. The highest BCUT2D eigenvalue weighted by Crippen LogP contribution is 2.01. The number of anilines is 1. The van der Waals surface area contributed by atoms with Crippen LogP contribution in [0.1, 0.15) is 6.92 Å². The molecule has 0 bridgehead atoms. The van der Waals surface area contributed by atoms with E-state index in [4.69, 9.17) is 5.73 Å². The normalized spacial score (nSPS) is 11.7. The van der Waals surface area contributed by atoms with Gasteiger partial charge in [-0.3, -0.25) is 9.67 Å². The van der Waals surface area contributed by atoms with Gasteiger partial charge in [-0.1, -0.05) is 0 Å². The molecule has 0 saturated carbocycles. The molecule has 0 aromatic carbocycles. The Morgan fingerprint density at radius 1 is 1.83 bits per heavy atom. The standard InChI is InChI=1S/C7H13N5/c1-3-9-7(8)11-6-4-10-12(2)5-6/h4-5H,3H2,1-2H3,(H3,8,9,11). The molecule has 0 aliphatic carbocycles. The van der Waals surface area contributed by atoms with E-state index in [1.54, 1.807) is 10.9 Å². The summed E-state index contributed by atoms with van der Waals surface area (Å²) < 4.78 is 1.70. The molecule has 0 fully saturated rings. The monoisotopic (exact) mass is 167 g/mol. The summed E-state index contributed by atoms with van der Waals surface area (Å²) >= 11 is 0. The van der Waals surface area contributed by atoms with Crippen LogP contribution >= 0.6 is 0 Å². The average Bonchev–Trinajstić information content (AvgIpc) is 2.36. The van der Waals surface area contributed by atoms with Gasteiger partial charge < -0.3 is 11.1 Å². The first kappa shape index (κ1) is 8.58. The molecule has 1 heterocycles. The van der Waals surface area contributed by atoms with E-state index in [1.807, 2.05) is 20.2 Å². The van der Waals surface area contributed by atoms with Crippen LogP contribution in [0.25, 0.3) is 0 Å². The van der Waals surface area contributed by atoms with Gasteiger partial charge in [-0.05, 0) is 6.92 Å². The second-order valence-corrected chi connectivity index (χ2v) is 2.39. The lowest BCUT2D eigenvalue weighted by molar-refractivity contribution is 0.768. The molecule has 0 aliphatic rings. The Kier molecular flexibility index (Phi) is 2.68. The van der Waals surface area contributed by atoms with Crippen LogP contribution in [0, 0.1) is 0 Å². The molecule has 1 aromatic rings. The van der Waals surface area contributed by atoms with E-state index in [2.05, 4.69) is 15.4 Å². The number of hydrogen-bond acceptors (Lipinski definition) is 2. The summed E-state index contributed by atoms with van der Waals surface area (Å²) in [7, 11) is 1.85. The Morgan fingerprint density at radius 2 is 2.58 bits per heavy atom. The number of guanidine groups is 1. The number of aliphatic imine (C=N–C) groups is 1. The van der Waals surface area contributed by atoms with E-state index >= 15 is 0 Å². The minimum Gasteiger partial charge on any atom is -0.370 e. The molecule has 5 heteroatoms. The zero-order valence-corrected chi connectivity index (χ0v) is 7.28. The molecule has 1 aromatic heterocycles. The summed E-state index contributed by atoms with van der Waals surface area (Å²) in [6.07, 6.45) is 3.52. The molecular formula is C7H13N5. The molecular weight excluding hydrogens is 154 g/mol. The maximum atomic E-state index is 5.53. The third-order valence-corrected chi connectivity index (χ3v) is 1.31. The smallest absolute Gasteiger partial charge is 0.193 e. The lowest BCUT2D eigenvalue weighted by atomic mass is 10.6. The topological polar surface area (TPSA) is 68.2 Å². The zero-order valence-electron chi connectivity index (χ0n) is 7.28. The zero-order chi connectivity index (χ0) is 8.97. The van der Waals surface area contributed by atoms with Crippen molar-refractivity contribution in [2.24, 2.45) is 17.8 Å². The molecule has 0 amide bonds. The van der Waals surface area contributed by atoms with E-state index in [0.717, 1.165) is 5.69 Å². The molecule has 1 rings (SSSR count). The summed E-state index contributed by atoms with van der Waals surface area (Å²) in [5.74, 6) is 0.422. The number of nitrogens with zero attached hydrogens (tertiary/aromatic N) is 3. The predicted octanol–water partition coefficient (Wildman–Crippen LogP) is 0.167. The largest absolute Gasteiger partial charge is 0.370 e. The number of nitrogens with one attached hydrogen (secondary N) is 1. The van der Waals surface area contributed by atoms with Crippen molar-refractivity contribution in [3.05, 3.63) is 12.4 Å². The fourth-order valence-electron chi connectivity index (χ4n) is 0.844. The third-order valence-electron chi connectivity index (χ3n) is 1.31. The van der Waals surface area contributed by atoms with E-state index in [0.29, 0.717) is 12.5 Å². The van der Waals surface area contributed by atoms with Crippen LogP contribution in [0.4, 0.5) is 5.69 Å². The van der Waals surface area contributed by atoms with Crippen LogP contribution in [0.15, 0.2) is 17.4 Å². The Hall–Kier alpha value is -1.52. The van der Waals surface area contributed by atoms with Crippen molar-refractivity contribution in [1.82, 2.24) is 9.78 Å². The first-order valence-electron chi connectivity index (χ1n) is 3.78. The Labute approximate surface area is 71.3 Å². The van der Waals surface area contributed by atoms with Crippen molar-refractivity contribution in [1.29, 1.82) is 0 Å². The van der Waals surface area contributed by atoms with Crippen LogP contribution in [-0.2, 0) is 7.05 Å². The first-order valence-corrected chi connectivity index (χ1v) is 3.78. The average molecular weight is 167 g/mol. The van der Waals surface area contributed by atoms with Gasteiger partial charge in [-0.25, -0.2) is 0 Å². The van der Waals surface area contributed by atoms with E-state index in [-0.39, 0.29) is 0 Å². The molecule has 0 saturated heterocycles. The number of aromatic nitrogens is 2. The van der Waals surface area contributed by atoms with Crippen LogP contribution < -0.4 is 11.1 Å². The molecule has 0 aliphatic heterocycles. The number of nitrogens with two attached hydrogens (primary N) is 1. The highest BCUT2D eigenvalue weighted by Gasteiger charge is 1.95. The molecule has 0 atom stereocenters. The van der Waals surface area contributed by atoms with Crippen molar-refractivity contribution in [3.63, 3.8) is 0 Å². The molecule has 0 unspecified atom stereocenters. The van der Waals surface area contributed by atoms with Crippen molar-refractivity contribution >= 4 is 11.6 Å². The molecule has 0 spiro atoms. The Bertz CT molecular complexity index is 275.